The SMILES string of the molecule is COc1cc(CCCC2CCNCC2)ccc1OCc1ccc(Cl)cc1. The highest BCUT2D eigenvalue weighted by Gasteiger charge is 2.13. The third-order valence-electron chi connectivity index (χ3n) is 5.07. The van der Waals surface area contributed by atoms with Crippen LogP contribution in [0.5, 0.6) is 11.5 Å². The Morgan fingerprint density at radius 1 is 1.00 bits per heavy atom. The Kier molecular flexibility index (Phi) is 7.22. The van der Waals surface area contributed by atoms with E-state index >= 15 is 0 Å². The predicted molar refractivity (Wildman–Crippen MR) is 107 cm³/mol. The van der Waals surface area contributed by atoms with E-state index in [4.69, 9.17) is 21.1 Å². The maximum absolute atomic E-state index is 5.93. The molecule has 4 heteroatoms. The van der Waals surface area contributed by atoms with E-state index in [0.717, 1.165) is 34.4 Å². The van der Waals surface area contributed by atoms with Gasteiger partial charge in [-0.05, 0) is 80.1 Å². The molecule has 0 amide bonds. The summed E-state index contributed by atoms with van der Waals surface area (Å²) < 4.78 is 11.5. The molecule has 140 valence electrons. The molecule has 1 N–H and O–H groups in total. The molecule has 0 aliphatic carbocycles. The summed E-state index contributed by atoms with van der Waals surface area (Å²) in [7, 11) is 1.70. The number of piperidine rings is 1. The van der Waals surface area contributed by atoms with Gasteiger partial charge in [-0.3, -0.25) is 0 Å². The average Bonchev–Trinajstić information content (AvgIpc) is 2.69. The predicted octanol–water partition coefficient (Wildman–Crippen LogP) is 5.25. The molecule has 1 aliphatic rings. The number of nitrogens with one attached hydrogen (secondary N) is 1. The Hall–Kier alpha value is -1.71. The summed E-state index contributed by atoms with van der Waals surface area (Å²) in [5.74, 6) is 2.48. The highest BCUT2D eigenvalue weighted by atomic mass is 35.5. The van der Waals surface area contributed by atoms with Crippen molar-refractivity contribution in [1.82, 2.24) is 5.32 Å². The molecule has 0 radical (unpaired) electrons. The quantitative estimate of drug-likeness (QED) is 0.685. The monoisotopic (exact) mass is 373 g/mol. The van der Waals surface area contributed by atoms with Crippen molar-refractivity contribution >= 4 is 11.6 Å². The fourth-order valence-electron chi connectivity index (χ4n) is 3.49. The van der Waals surface area contributed by atoms with E-state index < -0.39 is 0 Å². The highest BCUT2D eigenvalue weighted by Crippen LogP contribution is 2.30. The minimum absolute atomic E-state index is 0.503. The highest BCUT2D eigenvalue weighted by molar-refractivity contribution is 6.30. The molecule has 0 saturated carbocycles. The van der Waals surface area contributed by atoms with Crippen LogP contribution in [0.4, 0.5) is 0 Å². The van der Waals surface area contributed by atoms with Crippen LogP contribution < -0.4 is 14.8 Å². The van der Waals surface area contributed by atoms with Gasteiger partial charge in [0.05, 0.1) is 7.11 Å². The smallest absolute Gasteiger partial charge is 0.161 e. The summed E-state index contributed by atoms with van der Waals surface area (Å²) >= 11 is 5.92. The molecule has 2 aromatic carbocycles. The second kappa shape index (κ2) is 9.84. The van der Waals surface area contributed by atoms with Crippen LogP contribution in [-0.4, -0.2) is 20.2 Å². The number of ether oxygens (including phenoxy) is 2. The van der Waals surface area contributed by atoms with E-state index in [9.17, 15) is 0 Å². The van der Waals surface area contributed by atoms with Gasteiger partial charge < -0.3 is 14.8 Å². The van der Waals surface area contributed by atoms with Crippen LogP contribution in [0.1, 0.15) is 36.8 Å². The third-order valence-corrected chi connectivity index (χ3v) is 5.32. The second-order valence-electron chi connectivity index (χ2n) is 6.99. The molecule has 2 aromatic rings. The summed E-state index contributed by atoms with van der Waals surface area (Å²) in [4.78, 5) is 0. The first-order valence-electron chi connectivity index (χ1n) is 9.49. The van der Waals surface area contributed by atoms with Gasteiger partial charge in [0.25, 0.3) is 0 Å². The van der Waals surface area contributed by atoms with Crippen LogP contribution in [0.15, 0.2) is 42.5 Å². The molecule has 1 fully saturated rings. The zero-order chi connectivity index (χ0) is 18.2. The Bertz CT molecular complexity index is 681. The van der Waals surface area contributed by atoms with Gasteiger partial charge >= 0.3 is 0 Å². The van der Waals surface area contributed by atoms with Crippen molar-refractivity contribution < 1.29 is 9.47 Å². The van der Waals surface area contributed by atoms with Crippen molar-refractivity contribution in [1.29, 1.82) is 0 Å². The molecule has 0 atom stereocenters. The molecule has 3 rings (SSSR count). The Morgan fingerprint density at radius 3 is 2.46 bits per heavy atom. The number of hydrogen-bond donors (Lipinski definition) is 1. The minimum atomic E-state index is 0.503. The Labute approximate surface area is 161 Å². The zero-order valence-corrected chi connectivity index (χ0v) is 16.2. The molecule has 0 unspecified atom stereocenters. The van der Waals surface area contributed by atoms with E-state index in [2.05, 4.69) is 17.4 Å². The molecule has 1 aliphatic heterocycles. The normalized spacial score (nSPS) is 15.0. The van der Waals surface area contributed by atoms with Gasteiger partial charge in [-0.15, -0.1) is 0 Å². The molecule has 0 bridgehead atoms. The van der Waals surface area contributed by atoms with E-state index in [1.54, 1.807) is 7.11 Å². The lowest BCUT2D eigenvalue weighted by Gasteiger charge is -2.22. The third kappa shape index (κ3) is 5.65. The maximum atomic E-state index is 5.93. The lowest BCUT2D eigenvalue weighted by atomic mass is 9.91. The number of halogens is 1. The largest absolute Gasteiger partial charge is 0.493 e. The van der Waals surface area contributed by atoms with Crippen LogP contribution in [0, 0.1) is 5.92 Å². The first-order valence-corrected chi connectivity index (χ1v) is 9.87. The van der Waals surface area contributed by atoms with Crippen molar-refractivity contribution in [3.05, 3.63) is 58.6 Å². The molecular formula is C22H28ClNO2. The lowest BCUT2D eigenvalue weighted by molar-refractivity contribution is 0.284. The minimum Gasteiger partial charge on any atom is -0.493 e. The fraction of sp³-hybridized carbons (Fsp3) is 0.455. The number of hydrogen-bond acceptors (Lipinski definition) is 3. The molecule has 3 nitrogen and oxygen atoms in total. The zero-order valence-electron chi connectivity index (χ0n) is 15.5. The molecule has 26 heavy (non-hydrogen) atoms. The van der Waals surface area contributed by atoms with Gasteiger partial charge in [0.15, 0.2) is 11.5 Å². The molecule has 1 heterocycles. The number of methoxy groups -OCH3 is 1. The molecule has 1 saturated heterocycles. The molecule has 0 spiro atoms. The van der Waals surface area contributed by atoms with Crippen molar-refractivity contribution in [3.63, 3.8) is 0 Å². The summed E-state index contributed by atoms with van der Waals surface area (Å²) in [5.41, 5.74) is 2.40. The average molecular weight is 374 g/mol. The summed E-state index contributed by atoms with van der Waals surface area (Å²) in [6, 6.07) is 14.0. The van der Waals surface area contributed by atoms with Crippen LogP contribution in [0.3, 0.4) is 0 Å². The number of aryl methyl sites for hydroxylation is 1. The number of benzene rings is 2. The van der Waals surface area contributed by atoms with Gasteiger partial charge in [0.1, 0.15) is 6.61 Å². The van der Waals surface area contributed by atoms with Gasteiger partial charge in [-0.25, -0.2) is 0 Å². The number of rotatable bonds is 8. The lowest BCUT2D eigenvalue weighted by Crippen LogP contribution is -2.27. The fourth-order valence-corrected chi connectivity index (χ4v) is 3.62. The summed E-state index contributed by atoms with van der Waals surface area (Å²) in [6.45, 7) is 2.86. The van der Waals surface area contributed by atoms with Gasteiger partial charge in [-0.2, -0.15) is 0 Å². The van der Waals surface area contributed by atoms with Crippen molar-refractivity contribution in [2.45, 2.75) is 38.7 Å². The second-order valence-corrected chi connectivity index (χ2v) is 7.42. The van der Waals surface area contributed by atoms with Crippen LogP contribution in [0.25, 0.3) is 0 Å². The maximum Gasteiger partial charge on any atom is 0.161 e. The summed E-state index contributed by atoms with van der Waals surface area (Å²) in [5, 5.41) is 4.17. The van der Waals surface area contributed by atoms with Crippen molar-refractivity contribution in [2.24, 2.45) is 5.92 Å². The van der Waals surface area contributed by atoms with Gasteiger partial charge in [0, 0.05) is 5.02 Å². The molecule has 0 aromatic heterocycles. The Balaban J connectivity index is 1.52. The topological polar surface area (TPSA) is 30.5 Å². The summed E-state index contributed by atoms with van der Waals surface area (Å²) in [6.07, 6.45) is 6.29. The first kappa shape index (κ1) is 19.1. The van der Waals surface area contributed by atoms with E-state index in [0.29, 0.717) is 6.61 Å². The molecular weight excluding hydrogens is 346 g/mol. The Morgan fingerprint density at radius 2 is 1.73 bits per heavy atom. The van der Waals surface area contributed by atoms with Crippen LogP contribution in [0.2, 0.25) is 5.02 Å². The van der Waals surface area contributed by atoms with E-state index in [1.807, 2.05) is 30.3 Å². The van der Waals surface area contributed by atoms with E-state index in [1.165, 1.54) is 44.3 Å². The van der Waals surface area contributed by atoms with Crippen molar-refractivity contribution in [2.75, 3.05) is 20.2 Å². The van der Waals surface area contributed by atoms with E-state index in [-0.39, 0.29) is 0 Å². The van der Waals surface area contributed by atoms with Crippen LogP contribution in [-0.2, 0) is 13.0 Å². The first-order chi connectivity index (χ1) is 12.7. The standard InChI is InChI=1S/C22H28ClNO2/c1-25-22-15-18(4-2-3-17-11-13-24-14-12-17)7-10-21(22)26-16-19-5-8-20(23)9-6-19/h5-10,15,17,24H,2-4,11-14,16H2,1H3. The van der Waals surface area contributed by atoms with Crippen LogP contribution >= 0.6 is 11.6 Å². The van der Waals surface area contributed by atoms with Gasteiger partial charge in [-0.1, -0.05) is 36.2 Å². The van der Waals surface area contributed by atoms with Gasteiger partial charge in [0.2, 0.25) is 0 Å². The van der Waals surface area contributed by atoms with Crippen molar-refractivity contribution in [3.8, 4) is 11.5 Å².